The molecule has 0 bridgehead atoms. The van der Waals surface area contributed by atoms with E-state index in [4.69, 9.17) is 11.6 Å². The predicted octanol–water partition coefficient (Wildman–Crippen LogP) is 3.84. The average molecular weight is 264 g/mol. The van der Waals surface area contributed by atoms with Crippen LogP contribution in [0.1, 0.15) is 26.3 Å². The Morgan fingerprint density at radius 1 is 1.28 bits per heavy atom. The minimum atomic E-state index is -0.376. The number of benzene rings is 1. The number of halogens is 1. The third-order valence-corrected chi connectivity index (χ3v) is 3.44. The third-order valence-electron chi connectivity index (χ3n) is 3.21. The van der Waals surface area contributed by atoms with Crippen LogP contribution in [-0.2, 0) is 6.42 Å². The minimum absolute atomic E-state index is 0.123. The molecule has 1 aromatic carbocycles. The van der Waals surface area contributed by atoms with E-state index in [1.165, 1.54) is 0 Å². The van der Waals surface area contributed by atoms with Crippen molar-refractivity contribution in [1.82, 2.24) is 4.98 Å². The second-order valence-corrected chi connectivity index (χ2v) is 6.15. The van der Waals surface area contributed by atoms with Crippen molar-refractivity contribution in [2.45, 2.75) is 33.3 Å². The lowest BCUT2D eigenvalue weighted by molar-refractivity contribution is 0.0639. The lowest BCUT2D eigenvalue weighted by Crippen LogP contribution is -2.28. The van der Waals surface area contributed by atoms with Crippen LogP contribution in [0.5, 0.6) is 0 Å². The molecule has 1 unspecified atom stereocenters. The minimum Gasteiger partial charge on any atom is -0.392 e. The summed E-state index contributed by atoms with van der Waals surface area (Å²) in [6.45, 7) is 6.12. The summed E-state index contributed by atoms with van der Waals surface area (Å²) in [6.07, 6.45) is 2.02. The summed E-state index contributed by atoms with van der Waals surface area (Å²) in [5, 5.41) is 12.0. The van der Waals surface area contributed by atoms with E-state index < -0.39 is 0 Å². The molecule has 96 valence electrons. The molecule has 0 aliphatic carbocycles. The standard InChI is InChI=1S/C15H18ClNO/c1-15(2,3)14(18)8-10-6-7-17-13-9-11(16)4-5-12(10)13/h4-7,9,14,18H,8H2,1-3H3. The highest BCUT2D eigenvalue weighted by Gasteiger charge is 2.22. The first-order chi connectivity index (χ1) is 8.38. The number of fused-ring (bicyclic) bond motifs is 1. The molecule has 0 aliphatic rings. The van der Waals surface area contributed by atoms with Gasteiger partial charge in [-0.25, -0.2) is 0 Å². The van der Waals surface area contributed by atoms with E-state index in [2.05, 4.69) is 4.98 Å². The summed E-state index contributed by atoms with van der Waals surface area (Å²) >= 11 is 5.96. The van der Waals surface area contributed by atoms with Gasteiger partial charge in [-0.05, 0) is 35.6 Å². The van der Waals surface area contributed by atoms with Crippen LogP contribution in [-0.4, -0.2) is 16.2 Å². The number of pyridine rings is 1. The summed E-state index contributed by atoms with van der Waals surface area (Å²) in [5.74, 6) is 0. The molecule has 0 saturated heterocycles. The predicted molar refractivity (Wildman–Crippen MR) is 75.9 cm³/mol. The molecule has 18 heavy (non-hydrogen) atoms. The van der Waals surface area contributed by atoms with Crippen molar-refractivity contribution in [3.05, 3.63) is 41.0 Å². The molecular formula is C15H18ClNO. The monoisotopic (exact) mass is 263 g/mol. The molecule has 2 rings (SSSR count). The number of rotatable bonds is 2. The largest absolute Gasteiger partial charge is 0.392 e. The maximum atomic E-state index is 10.2. The molecule has 1 heterocycles. The van der Waals surface area contributed by atoms with E-state index in [0.717, 1.165) is 16.5 Å². The van der Waals surface area contributed by atoms with Gasteiger partial charge in [0.2, 0.25) is 0 Å². The van der Waals surface area contributed by atoms with Gasteiger partial charge in [-0.1, -0.05) is 38.4 Å². The van der Waals surface area contributed by atoms with Gasteiger partial charge in [0.1, 0.15) is 0 Å². The van der Waals surface area contributed by atoms with Crippen molar-refractivity contribution in [3.63, 3.8) is 0 Å². The van der Waals surface area contributed by atoms with Crippen molar-refractivity contribution >= 4 is 22.5 Å². The van der Waals surface area contributed by atoms with E-state index in [1.54, 1.807) is 6.20 Å². The van der Waals surface area contributed by atoms with Crippen molar-refractivity contribution in [2.24, 2.45) is 5.41 Å². The SMILES string of the molecule is CC(C)(C)C(O)Cc1ccnc2cc(Cl)ccc12. The van der Waals surface area contributed by atoms with Crippen LogP contribution in [0, 0.1) is 5.41 Å². The summed E-state index contributed by atoms with van der Waals surface area (Å²) in [7, 11) is 0. The first-order valence-electron chi connectivity index (χ1n) is 6.09. The van der Waals surface area contributed by atoms with E-state index in [9.17, 15) is 5.11 Å². The van der Waals surface area contributed by atoms with Crippen LogP contribution in [0.4, 0.5) is 0 Å². The highest BCUT2D eigenvalue weighted by Crippen LogP contribution is 2.26. The number of aromatic nitrogens is 1. The first kappa shape index (κ1) is 13.3. The Kier molecular flexibility index (Phi) is 3.60. The van der Waals surface area contributed by atoms with E-state index in [1.807, 2.05) is 45.0 Å². The topological polar surface area (TPSA) is 33.1 Å². The maximum absolute atomic E-state index is 10.2. The zero-order valence-corrected chi connectivity index (χ0v) is 11.7. The second kappa shape index (κ2) is 4.87. The van der Waals surface area contributed by atoms with Gasteiger partial charge in [-0.2, -0.15) is 0 Å². The van der Waals surface area contributed by atoms with Crippen LogP contribution in [0.15, 0.2) is 30.5 Å². The van der Waals surface area contributed by atoms with E-state index in [0.29, 0.717) is 11.4 Å². The molecule has 0 saturated carbocycles. The van der Waals surface area contributed by atoms with Gasteiger partial charge in [-0.15, -0.1) is 0 Å². The van der Waals surface area contributed by atoms with Crippen molar-refractivity contribution < 1.29 is 5.11 Å². The molecule has 2 aromatic rings. The number of hydrogen-bond donors (Lipinski definition) is 1. The lowest BCUT2D eigenvalue weighted by atomic mass is 9.85. The Labute approximate surface area is 113 Å². The molecule has 1 aromatic heterocycles. The molecule has 1 N–H and O–H groups in total. The number of nitrogens with zero attached hydrogens (tertiary/aromatic N) is 1. The Morgan fingerprint density at radius 3 is 2.67 bits per heavy atom. The molecule has 2 nitrogen and oxygen atoms in total. The van der Waals surface area contributed by atoms with Crippen LogP contribution in [0.25, 0.3) is 10.9 Å². The molecule has 0 aliphatic heterocycles. The first-order valence-corrected chi connectivity index (χ1v) is 6.47. The van der Waals surface area contributed by atoms with Crippen LogP contribution >= 0.6 is 11.6 Å². The molecular weight excluding hydrogens is 246 g/mol. The van der Waals surface area contributed by atoms with E-state index in [-0.39, 0.29) is 11.5 Å². The quantitative estimate of drug-likeness (QED) is 0.893. The number of hydrogen-bond acceptors (Lipinski definition) is 2. The zero-order chi connectivity index (χ0) is 13.3. The van der Waals surface area contributed by atoms with Gasteiger partial charge in [0.25, 0.3) is 0 Å². The molecule has 0 fully saturated rings. The van der Waals surface area contributed by atoms with Crippen molar-refractivity contribution in [1.29, 1.82) is 0 Å². The fourth-order valence-corrected chi connectivity index (χ4v) is 2.04. The van der Waals surface area contributed by atoms with E-state index >= 15 is 0 Å². The smallest absolute Gasteiger partial charge is 0.0719 e. The zero-order valence-electron chi connectivity index (χ0n) is 10.9. The number of aliphatic hydroxyl groups excluding tert-OH is 1. The van der Waals surface area contributed by atoms with Crippen LogP contribution < -0.4 is 0 Å². The van der Waals surface area contributed by atoms with Crippen molar-refractivity contribution in [3.8, 4) is 0 Å². The van der Waals surface area contributed by atoms with Crippen molar-refractivity contribution in [2.75, 3.05) is 0 Å². The van der Waals surface area contributed by atoms with Gasteiger partial charge in [0, 0.05) is 16.6 Å². The van der Waals surface area contributed by atoms with Gasteiger partial charge < -0.3 is 5.11 Å². The Morgan fingerprint density at radius 2 is 2.00 bits per heavy atom. The molecule has 0 amide bonds. The Bertz CT molecular complexity index is 560. The van der Waals surface area contributed by atoms with Gasteiger partial charge in [0.05, 0.1) is 11.6 Å². The van der Waals surface area contributed by atoms with Crippen LogP contribution in [0.3, 0.4) is 0 Å². The van der Waals surface area contributed by atoms with Gasteiger partial charge >= 0.3 is 0 Å². The summed E-state index contributed by atoms with van der Waals surface area (Å²) in [6, 6.07) is 7.64. The molecule has 1 atom stereocenters. The van der Waals surface area contributed by atoms with Gasteiger partial charge in [-0.3, -0.25) is 4.98 Å². The average Bonchev–Trinajstić information content (AvgIpc) is 2.27. The lowest BCUT2D eigenvalue weighted by Gasteiger charge is -2.26. The molecule has 0 radical (unpaired) electrons. The fraction of sp³-hybridized carbons (Fsp3) is 0.400. The molecule has 0 spiro atoms. The second-order valence-electron chi connectivity index (χ2n) is 5.72. The maximum Gasteiger partial charge on any atom is 0.0719 e. The summed E-state index contributed by atoms with van der Waals surface area (Å²) in [4.78, 5) is 4.31. The normalized spacial score (nSPS) is 13.8. The summed E-state index contributed by atoms with van der Waals surface area (Å²) < 4.78 is 0. The molecule has 3 heteroatoms. The Balaban J connectivity index is 2.40. The summed E-state index contributed by atoms with van der Waals surface area (Å²) in [5.41, 5.74) is 1.86. The van der Waals surface area contributed by atoms with Gasteiger partial charge in [0.15, 0.2) is 0 Å². The third kappa shape index (κ3) is 2.82. The highest BCUT2D eigenvalue weighted by molar-refractivity contribution is 6.31. The number of aliphatic hydroxyl groups is 1. The highest BCUT2D eigenvalue weighted by atomic mass is 35.5. The van der Waals surface area contributed by atoms with Crippen LogP contribution in [0.2, 0.25) is 5.02 Å². The fourth-order valence-electron chi connectivity index (χ4n) is 1.87. The Hall–Kier alpha value is -1.12.